The van der Waals surface area contributed by atoms with Crippen LogP contribution in [-0.4, -0.2) is 52.8 Å². The molecule has 0 radical (unpaired) electrons. The average Bonchev–Trinajstić information content (AvgIpc) is 3.26. The minimum Gasteiger partial charge on any atom is -0.354 e. The molecule has 1 fully saturated rings. The standard InChI is InChI=1S/C30H27BrFN3O2/c1-20-2-4-21(5-3-20)6-13-28(36)34-14-16-35(17-15-34)29(37)19-26-25-18-23(31)9-12-27(25)33-30(26)22-7-10-24(32)11-8-22/h2-13,18,33H,14-17,19H2,1H3/b13-6+. The number of nitrogens with zero attached hydrogens (tertiary/aromatic N) is 2. The van der Waals surface area contributed by atoms with E-state index in [-0.39, 0.29) is 24.1 Å². The Hall–Kier alpha value is -3.71. The number of fused-ring (bicyclic) bond motifs is 1. The Bertz CT molecular complexity index is 1470. The molecule has 0 saturated carbocycles. The van der Waals surface area contributed by atoms with Gasteiger partial charge in [0.15, 0.2) is 0 Å². The Morgan fingerprint density at radius 1 is 0.946 bits per heavy atom. The molecule has 1 N–H and O–H groups in total. The molecule has 0 aliphatic carbocycles. The Kier molecular flexibility index (Phi) is 7.24. The summed E-state index contributed by atoms with van der Waals surface area (Å²) in [7, 11) is 0. The number of rotatable bonds is 5. The smallest absolute Gasteiger partial charge is 0.246 e. The van der Waals surface area contributed by atoms with E-state index in [4.69, 9.17) is 0 Å². The zero-order valence-corrected chi connectivity index (χ0v) is 22.1. The van der Waals surface area contributed by atoms with Crippen LogP contribution in [0.5, 0.6) is 0 Å². The molecule has 2 amide bonds. The fraction of sp³-hybridized carbons (Fsp3) is 0.200. The van der Waals surface area contributed by atoms with Crippen molar-refractivity contribution in [2.45, 2.75) is 13.3 Å². The number of aromatic nitrogens is 1. The SMILES string of the molecule is Cc1ccc(/C=C/C(=O)N2CCN(C(=O)Cc3c(-c4ccc(F)cc4)[nH]c4ccc(Br)cc34)CC2)cc1. The van der Waals surface area contributed by atoms with Gasteiger partial charge >= 0.3 is 0 Å². The molecule has 2 heterocycles. The molecule has 5 nitrogen and oxygen atoms in total. The molecule has 0 spiro atoms. The molecule has 1 aliphatic rings. The fourth-order valence-electron chi connectivity index (χ4n) is 4.66. The van der Waals surface area contributed by atoms with E-state index in [1.54, 1.807) is 23.1 Å². The highest BCUT2D eigenvalue weighted by Crippen LogP contribution is 2.33. The Morgan fingerprint density at radius 3 is 2.32 bits per heavy atom. The van der Waals surface area contributed by atoms with Crippen LogP contribution in [0.4, 0.5) is 4.39 Å². The van der Waals surface area contributed by atoms with Crippen LogP contribution in [0.25, 0.3) is 28.2 Å². The largest absolute Gasteiger partial charge is 0.354 e. The number of hydrogen-bond donors (Lipinski definition) is 1. The molecule has 188 valence electrons. The highest BCUT2D eigenvalue weighted by Gasteiger charge is 2.25. The molecule has 1 saturated heterocycles. The second kappa shape index (κ2) is 10.7. The number of hydrogen-bond acceptors (Lipinski definition) is 2. The maximum atomic E-state index is 13.5. The van der Waals surface area contributed by atoms with Gasteiger partial charge in [-0.3, -0.25) is 9.59 Å². The van der Waals surface area contributed by atoms with E-state index in [0.29, 0.717) is 26.2 Å². The number of halogens is 2. The first kappa shape index (κ1) is 25.0. The molecule has 1 aromatic heterocycles. The van der Waals surface area contributed by atoms with E-state index in [2.05, 4.69) is 20.9 Å². The summed E-state index contributed by atoms with van der Waals surface area (Å²) in [5.41, 5.74) is 5.60. The lowest BCUT2D eigenvalue weighted by Crippen LogP contribution is -2.50. The van der Waals surface area contributed by atoms with Crippen molar-refractivity contribution in [1.29, 1.82) is 0 Å². The predicted molar refractivity (Wildman–Crippen MR) is 148 cm³/mol. The van der Waals surface area contributed by atoms with Gasteiger partial charge in [0.1, 0.15) is 5.82 Å². The summed E-state index contributed by atoms with van der Waals surface area (Å²) < 4.78 is 14.5. The zero-order valence-electron chi connectivity index (χ0n) is 20.5. The second-order valence-electron chi connectivity index (χ2n) is 9.30. The van der Waals surface area contributed by atoms with Gasteiger partial charge in [0, 0.05) is 47.6 Å². The highest BCUT2D eigenvalue weighted by atomic mass is 79.9. The lowest BCUT2D eigenvalue weighted by Gasteiger charge is -2.34. The Labute approximate surface area is 223 Å². The summed E-state index contributed by atoms with van der Waals surface area (Å²) in [6.07, 6.45) is 3.64. The Morgan fingerprint density at radius 2 is 1.62 bits per heavy atom. The normalized spacial score (nSPS) is 14.0. The first-order valence-corrected chi connectivity index (χ1v) is 13.0. The van der Waals surface area contributed by atoms with Gasteiger partial charge in [-0.1, -0.05) is 45.8 Å². The third-order valence-corrected chi connectivity index (χ3v) is 7.26. The lowest BCUT2D eigenvalue weighted by atomic mass is 10.0. The van der Waals surface area contributed by atoms with E-state index >= 15 is 0 Å². The minimum atomic E-state index is -0.304. The van der Waals surface area contributed by atoms with Gasteiger partial charge < -0.3 is 14.8 Å². The number of piperazine rings is 1. The molecule has 5 rings (SSSR count). The summed E-state index contributed by atoms with van der Waals surface area (Å²) in [5.74, 6) is -0.347. The number of H-pyrrole nitrogens is 1. The van der Waals surface area contributed by atoms with E-state index in [1.807, 2.05) is 60.4 Å². The monoisotopic (exact) mass is 559 g/mol. The van der Waals surface area contributed by atoms with E-state index in [9.17, 15) is 14.0 Å². The number of aromatic amines is 1. The van der Waals surface area contributed by atoms with Gasteiger partial charge in [0.2, 0.25) is 11.8 Å². The molecule has 3 aromatic carbocycles. The molecule has 37 heavy (non-hydrogen) atoms. The molecule has 4 aromatic rings. The fourth-order valence-corrected chi connectivity index (χ4v) is 5.02. The molecule has 7 heteroatoms. The molecule has 1 aliphatic heterocycles. The van der Waals surface area contributed by atoms with Gasteiger partial charge in [-0.25, -0.2) is 4.39 Å². The van der Waals surface area contributed by atoms with Crippen LogP contribution in [0, 0.1) is 12.7 Å². The molecular weight excluding hydrogens is 533 g/mol. The van der Waals surface area contributed by atoms with Crippen LogP contribution in [0.15, 0.2) is 77.3 Å². The molecule has 0 unspecified atom stereocenters. The summed E-state index contributed by atoms with van der Waals surface area (Å²) in [6, 6.07) is 20.2. The van der Waals surface area contributed by atoms with Crippen molar-refractivity contribution in [2.75, 3.05) is 26.2 Å². The first-order valence-electron chi connectivity index (χ1n) is 12.2. The van der Waals surface area contributed by atoms with Crippen molar-refractivity contribution in [3.8, 4) is 11.3 Å². The van der Waals surface area contributed by atoms with Crippen molar-refractivity contribution in [3.63, 3.8) is 0 Å². The van der Waals surface area contributed by atoms with E-state index in [1.165, 1.54) is 17.7 Å². The van der Waals surface area contributed by atoms with Crippen LogP contribution in [0.3, 0.4) is 0 Å². The summed E-state index contributed by atoms with van der Waals surface area (Å²) >= 11 is 3.53. The lowest BCUT2D eigenvalue weighted by molar-refractivity contribution is -0.136. The highest BCUT2D eigenvalue weighted by molar-refractivity contribution is 9.10. The number of carbonyl (C=O) groups is 2. The first-order chi connectivity index (χ1) is 17.9. The van der Waals surface area contributed by atoms with Gasteiger partial charge in [0.05, 0.1) is 12.1 Å². The molecular formula is C30H27BrFN3O2. The molecule has 0 atom stereocenters. The van der Waals surface area contributed by atoms with Crippen LogP contribution in [0.1, 0.15) is 16.7 Å². The maximum absolute atomic E-state index is 13.5. The van der Waals surface area contributed by atoms with Crippen LogP contribution < -0.4 is 0 Å². The van der Waals surface area contributed by atoms with Crippen molar-refractivity contribution in [3.05, 3.63) is 99.8 Å². The van der Waals surface area contributed by atoms with Gasteiger partial charge in [-0.05, 0) is 72.2 Å². The maximum Gasteiger partial charge on any atom is 0.246 e. The average molecular weight is 560 g/mol. The minimum absolute atomic E-state index is 0.00605. The molecule has 0 bridgehead atoms. The van der Waals surface area contributed by atoms with Crippen molar-refractivity contribution < 1.29 is 14.0 Å². The summed E-state index contributed by atoms with van der Waals surface area (Å²) in [5, 5.41) is 0.956. The quantitative estimate of drug-likeness (QED) is 0.306. The van der Waals surface area contributed by atoms with Gasteiger partial charge in [-0.15, -0.1) is 0 Å². The predicted octanol–water partition coefficient (Wildman–Crippen LogP) is 5.97. The second-order valence-corrected chi connectivity index (χ2v) is 10.2. The number of nitrogens with one attached hydrogen (secondary N) is 1. The van der Waals surface area contributed by atoms with E-state index < -0.39 is 0 Å². The summed E-state index contributed by atoms with van der Waals surface area (Å²) in [6.45, 7) is 3.99. The number of benzene rings is 3. The third-order valence-electron chi connectivity index (χ3n) is 6.77. The van der Waals surface area contributed by atoms with Crippen LogP contribution in [-0.2, 0) is 16.0 Å². The topological polar surface area (TPSA) is 56.4 Å². The van der Waals surface area contributed by atoms with Gasteiger partial charge in [0.25, 0.3) is 0 Å². The van der Waals surface area contributed by atoms with Crippen molar-refractivity contribution in [1.82, 2.24) is 14.8 Å². The number of amides is 2. The third kappa shape index (κ3) is 5.67. The van der Waals surface area contributed by atoms with Crippen molar-refractivity contribution >= 4 is 44.7 Å². The van der Waals surface area contributed by atoms with Crippen molar-refractivity contribution in [2.24, 2.45) is 0 Å². The number of aryl methyl sites for hydroxylation is 1. The van der Waals surface area contributed by atoms with Crippen LogP contribution in [0.2, 0.25) is 0 Å². The van der Waals surface area contributed by atoms with E-state index in [0.717, 1.165) is 37.8 Å². The number of carbonyl (C=O) groups excluding carboxylic acids is 2. The summed E-state index contributed by atoms with van der Waals surface area (Å²) in [4.78, 5) is 33.1. The zero-order chi connectivity index (χ0) is 25.9. The Balaban J connectivity index is 1.28. The van der Waals surface area contributed by atoms with Gasteiger partial charge in [-0.2, -0.15) is 0 Å². The van der Waals surface area contributed by atoms with Crippen LogP contribution >= 0.6 is 15.9 Å².